The van der Waals surface area contributed by atoms with Gasteiger partial charge in [0, 0.05) is 13.1 Å². The molecule has 1 amide bonds. The van der Waals surface area contributed by atoms with Crippen molar-refractivity contribution in [3.05, 3.63) is 30.3 Å². The number of carboxylic acid groups (broad SMARTS) is 1. The molecular formula is C16H21NO4. The summed E-state index contributed by atoms with van der Waals surface area (Å²) in [5.41, 5.74) is -0.781. The van der Waals surface area contributed by atoms with Crippen molar-refractivity contribution < 1.29 is 19.4 Å². The third-order valence-corrected chi connectivity index (χ3v) is 3.99. The zero-order valence-corrected chi connectivity index (χ0v) is 12.2. The molecule has 1 N–H and O–H groups in total. The molecule has 5 nitrogen and oxygen atoms in total. The summed E-state index contributed by atoms with van der Waals surface area (Å²) in [4.78, 5) is 25.2. The van der Waals surface area contributed by atoms with Crippen LogP contribution in [0, 0.1) is 5.41 Å². The van der Waals surface area contributed by atoms with Gasteiger partial charge in [0.2, 0.25) is 0 Å². The molecule has 0 saturated carbocycles. The Hall–Kier alpha value is -2.04. The molecule has 2 rings (SSSR count). The quantitative estimate of drug-likeness (QED) is 0.872. The highest BCUT2D eigenvalue weighted by Gasteiger charge is 2.45. The van der Waals surface area contributed by atoms with Crippen LogP contribution in [-0.2, 0) is 9.59 Å². The lowest BCUT2D eigenvalue weighted by Gasteiger charge is -2.24. The third-order valence-electron chi connectivity index (χ3n) is 3.99. The maximum absolute atomic E-state index is 12.1. The first-order valence-corrected chi connectivity index (χ1v) is 7.26. The topological polar surface area (TPSA) is 66.8 Å². The lowest BCUT2D eigenvalue weighted by molar-refractivity contribution is -0.149. The molecular weight excluding hydrogens is 270 g/mol. The van der Waals surface area contributed by atoms with E-state index in [1.807, 2.05) is 25.1 Å². The summed E-state index contributed by atoms with van der Waals surface area (Å²) < 4.78 is 5.43. The van der Waals surface area contributed by atoms with E-state index in [-0.39, 0.29) is 19.1 Å². The number of amides is 1. The van der Waals surface area contributed by atoms with Crippen LogP contribution < -0.4 is 4.74 Å². The maximum Gasteiger partial charge on any atom is 0.311 e. The molecule has 21 heavy (non-hydrogen) atoms. The normalized spacial score (nSPS) is 21.3. The maximum atomic E-state index is 12.1. The van der Waals surface area contributed by atoms with Gasteiger partial charge in [-0.3, -0.25) is 9.59 Å². The fourth-order valence-corrected chi connectivity index (χ4v) is 2.80. The standard InChI is InChI=1S/C16H21NO4/c1-2-8-16(15(19)20)9-10-17(12-16)14(18)11-21-13-6-4-3-5-7-13/h3-7H,2,8-12H2,1H3,(H,19,20). The predicted molar refractivity (Wildman–Crippen MR) is 78.1 cm³/mol. The Morgan fingerprint density at radius 1 is 1.33 bits per heavy atom. The van der Waals surface area contributed by atoms with Crippen molar-refractivity contribution in [2.24, 2.45) is 5.41 Å². The van der Waals surface area contributed by atoms with Gasteiger partial charge in [0.25, 0.3) is 5.91 Å². The van der Waals surface area contributed by atoms with Crippen LogP contribution in [0.3, 0.4) is 0 Å². The molecule has 0 radical (unpaired) electrons. The van der Waals surface area contributed by atoms with Gasteiger partial charge in [-0.1, -0.05) is 31.5 Å². The van der Waals surface area contributed by atoms with Crippen LogP contribution >= 0.6 is 0 Å². The lowest BCUT2D eigenvalue weighted by atomic mass is 9.83. The largest absolute Gasteiger partial charge is 0.484 e. The second kappa shape index (κ2) is 6.61. The average Bonchev–Trinajstić information content (AvgIpc) is 2.92. The van der Waals surface area contributed by atoms with Gasteiger partial charge in [0.1, 0.15) is 5.75 Å². The Balaban J connectivity index is 1.91. The number of benzene rings is 1. The van der Waals surface area contributed by atoms with E-state index in [4.69, 9.17) is 4.74 Å². The monoisotopic (exact) mass is 291 g/mol. The number of hydrogen-bond donors (Lipinski definition) is 1. The first kappa shape index (κ1) is 15.4. The molecule has 114 valence electrons. The Bertz CT molecular complexity index is 502. The minimum Gasteiger partial charge on any atom is -0.484 e. The lowest BCUT2D eigenvalue weighted by Crippen LogP contribution is -2.38. The van der Waals surface area contributed by atoms with Crippen molar-refractivity contribution >= 4 is 11.9 Å². The van der Waals surface area contributed by atoms with Crippen LogP contribution in [0.2, 0.25) is 0 Å². The number of carbonyl (C=O) groups is 2. The second-order valence-electron chi connectivity index (χ2n) is 5.50. The molecule has 5 heteroatoms. The van der Waals surface area contributed by atoms with E-state index < -0.39 is 11.4 Å². The molecule has 0 aliphatic carbocycles. The number of likely N-dealkylation sites (tertiary alicyclic amines) is 1. The van der Waals surface area contributed by atoms with E-state index in [0.29, 0.717) is 25.1 Å². The number of hydrogen-bond acceptors (Lipinski definition) is 3. The van der Waals surface area contributed by atoms with Crippen LogP contribution in [0.4, 0.5) is 0 Å². The molecule has 1 unspecified atom stereocenters. The molecule has 1 aromatic rings. The zero-order valence-electron chi connectivity index (χ0n) is 12.2. The Labute approximate surface area is 124 Å². The number of carboxylic acids is 1. The summed E-state index contributed by atoms with van der Waals surface area (Å²) in [6.07, 6.45) is 1.92. The van der Waals surface area contributed by atoms with Gasteiger partial charge >= 0.3 is 5.97 Å². The molecule has 0 spiro atoms. The smallest absolute Gasteiger partial charge is 0.311 e. The van der Waals surface area contributed by atoms with E-state index in [0.717, 1.165) is 6.42 Å². The van der Waals surface area contributed by atoms with Gasteiger partial charge in [-0.05, 0) is 25.0 Å². The van der Waals surface area contributed by atoms with E-state index in [1.54, 1.807) is 17.0 Å². The van der Waals surface area contributed by atoms with Crippen LogP contribution in [0.5, 0.6) is 5.75 Å². The van der Waals surface area contributed by atoms with Crippen LogP contribution in [0.25, 0.3) is 0 Å². The molecule has 0 aromatic heterocycles. The average molecular weight is 291 g/mol. The van der Waals surface area contributed by atoms with Gasteiger partial charge in [0.05, 0.1) is 5.41 Å². The van der Waals surface area contributed by atoms with Crippen molar-refractivity contribution in [3.63, 3.8) is 0 Å². The SMILES string of the molecule is CCCC1(C(=O)O)CCN(C(=O)COc2ccccc2)C1. The van der Waals surface area contributed by atoms with Crippen LogP contribution in [-0.4, -0.2) is 41.6 Å². The third kappa shape index (κ3) is 3.54. The summed E-state index contributed by atoms with van der Waals surface area (Å²) in [5.74, 6) is -0.315. The van der Waals surface area contributed by atoms with E-state index >= 15 is 0 Å². The molecule has 1 aliphatic heterocycles. The Kier molecular flexibility index (Phi) is 4.83. The highest BCUT2D eigenvalue weighted by molar-refractivity contribution is 5.81. The first-order valence-electron chi connectivity index (χ1n) is 7.26. The molecule has 1 fully saturated rings. The minimum atomic E-state index is -0.802. The van der Waals surface area contributed by atoms with E-state index in [9.17, 15) is 14.7 Å². The summed E-state index contributed by atoms with van der Waals surface area (Å²) in [6, 6.07) is 9.13. The summed E-state index contributed by atoms with van der Waals surface area (Å²) >= 11 is 0. The molecule has 0 bridgehead atoms. The number of para-hydroxylation sites is 1. The van der Waals surface area contributed by atoms with Gasteiger partial charge in [0.15, 0.2) is 6.61 Å². The molecule has 1 aliphatic rings. The van der Waals surface area contributed by atoms with Crippen LogP contribution in [0.1, 0.15) is 26.2 Å². The van der Waals surface area contributed by atoms with Crippen LogP contribution in [0.15, 0.2) is 30.3 Å². The molecule has 1 atom stereocenters. The molecule has 1 saturated heterocycles. The Morgan fingerprint density at radius 2 is 2.05 bits per heavy atom. The first-order chi connectivity index (χ1) is 10.1. The highest BCUT2D eigenvalue weighted by atomic mass is 16.5. The van der Waals surface area contributed by atoms with Gasteiger partial charge < -0.3 is 14.7 Å². The summed E-state index contributed by atoms with van der Waals surface area (Å²) in [6.45, 7) is 2.69. The van der Waals surface area contributed by atoms with Crippen molar-refractivity contribution in [1.82, 2.24) is 4.90 Å². The van der Waals surface area contributed by atoms with Gasteiger partial charge in [-0.2, -0.15) is 0 Å². The fraction of sp³-hybridized carbons (Fsp3) is 0.500. The number of aliphatic carboxylic acids is 1. The predicted octanol–water partition coefficient (Wildman–Crippen LogP) is 2.17. The van der Waals surface area contributed by atoms with Crippen molar-refractivity contribution in [1.29, 1.82) is 0 Å². The van der Waals surface area contributed by atoms with E-state index in [1.165, 1.54) is 0 Å². The Morgan fingerprint density at radius 3 is 2.67 bits per heavy atom. The number of rotatable bonds is 6. The minimum absolute atomic E-state index is 0.0498. The fourth-order valence-electron chi connectivity index (χ4n) is 2.80. The van der Waals surface area contributed by atoms with Gasteiger partial charge in [-0.25, -0.2) is 0 Å². The number of ether oxygens (including phenoxy) is 1. The van der Waals surface area contributed by atoms with Crippen molar-refractivity contribution in [2.45, 2.75) is 26.2 Å². The zero-order chi connectivity index (χ0) is 15.3. The second-order valence-corrected chi connectivity index (χ2v) is 5.50. The van der Waals surface area contributed by atoms with Crippen molar-refractivity contribution in [3.8, 4) is 5.75 Å². The summed E-state index contributed by atoms with van der Waals surface area (Å²) in [7, 11) is 0. The van der Waals surface area contributed by atoms with E-state index in [2.05, 4.69) is 0 Å². The summed E-state index contributed by atoms with van der Waals surface area (Å²) in [5, 5.41) is 9.43. The highest BCUT2D eigenvalue weighted by Crippen LogP contribution is 2.35. The molecule has 1 heterocycles. The van der Waals surface area contributed by atoms with Crippen molar-refractivity contribution in [2.75, 3.05) is 19.7 Å². The number of carbonyl (C=O) groups excluding carboxylic acids is 1. The number of nitrogens with zero attached hydrogens (tertiary/aromatic N) is 1. The molecule has 1 aromatic carbocycles. The van der Waals surface area contributed by atoms with Gasteiger partial charge in [-0.15, -0.1) is 0 Å².